The van der Waals surface area contributed by atoms with E-state index >= 15 is 0 Å². The molecule has 0 bridgehead atoms. The van der Waals surface area contributed by atoms with Gasteiger partial charge in [-0.2, -0.15) is 8.78 Å². The lowest BCUT2D eigenvalue weighted by Crippen LogP contribution is -2.02. The van der Waals surface area contributed by atoms with E-state index < -0.39 is 6.61 Å². The third-order valence-corrected chi connectivity index (χ3v) is 3.58. The zero-order chi connectivity index (χ0) is 14.5. The fourth-order valence-electron chi connectivity index (χ4n) is 1.93. The zero-order valence-corrected chi connectivity index (χ0v) is 11.8. The molecule has 106 valence electrons. The number of halogens is 3. The van der Waals surface area contributed by atoms with Gasteiger partial charge in [0.1, 0.15) is 5.75 Å². The van der Waals surface area contributed by atoms with E-state index in [-0.39, 0.29) is 11.1 Å². The Hall–Kier alpha value is -1.61. The van der Waals surface area contributed by atoms with E-state index in [0.717, 1.165) is 17.5 Å². The highest BCUT2D eigenvalue weighted by atomic mass is 35.5. The molecule has 4 heteroatoms. The monoisotopic (exact) mass is 296 g/mol. The molecule has 2 aromatic carbocycles. The summed E-state index contributed by atoms with van der Waals surface area (Å²) in [5, 5.41) is -0.304. The Morgan fingerprint density at radius 2 is 1.45 bits per heavy atom. The minimum atomic E-state index is -2.81. The molecule has 0 spiro atoms. The van der Waals surface area contributed by atoms with Crippen molar-refractivity contribution in [3.8, 4) is 5.75 Å². The number of benzene rings is 2. The van der Waals surface area contributed by atoms with Gasteiger partial charge in [0.2, 0.25) is 0 Å². The maximum Gasteiger partial charge on any atom is 0.387 e. The average Bonchev–Trinajstić information content (AvgIpc) is 2.47. The zero-order valence-electron chi connectivity index (χ0n) is 11.0. The van der Waals surface area contributed by atoms with Crippen LogP contribution in [0.25, 0.3) is 0 Å². The number of alkyl halides is 3. The van der Waals surface area contributed by atoms with Gasteiger partial charge in [0.25, 0.3) is 0 Å². The van der Waals surface area contributed by atoms with Gasteiger partial charge in [-0.05, 0) is 35.2 Å². The molecular weight excluding hydrogens is 282 g/mol. The van der Waals surface area contributed by atoms with E-state index in [1.54, 1.807) is 12.1 Å². The third-order valence-electron chi connectivity index (χ3n) is 3.08. The summed E-state index contributed by atoms with van der Waals surface area (Å²) in [6, 6.07) is 14.4. The Morgan fingerprint density at radius 3 is 1.90 bits per heavy atom. The lowest BCUT2D eigenvalue weighted by molar-refractivity contribution is -0.0498. The predicted molar refractivity (Wildman–Crippen MR) is 76.6 cm³/mol. The maximum atomic E-state index is 12.1. The second kappa shape index (κ2) is 6.71. The number of ether oxygens (including phenoxy) is 1. The van der Waals surface area contributed by atoms with Crippen molar-refractivity contribution in [1.29, 1.82) is 0 Å². The highest BCUT2D eigenvalue weighted by molar-refractivity contribution is 6.22. The molecule has 1 unspecified atom stereocenters. The minimum Gasteiger partial charge on any atom is -0.435 e. The van der Waals surface area contributed by atoms with Gasteiger partial charge < -0.3 is 4.74 Å². The van der Waals surface area contributed by atoms with Crippen molar-refractivity contribution in [1.82, 2.24) is 0 Å². The average molecular weight is 297 g/mol. The Morgan fingerprint density at radius 1 is 0.950 bits per heavy atom. The second-order valence-corrected chi connectivity index (χ2v) is 4.84. The maximum absolute atomic E-state index is 12.1. The van der Waals surface area contributed by atoms with Crippen molar-refractivity contribution < 1.29 is 13.5 Å². The van der Waals surface area contributed by atoms with Crippen LogP contribution in [-0.2, 0) is 6.42 Å². The lowest BCUT2D eigenvalue weighted by atomic mass is 10.0. The van der Waals surface area contributed by atoms with Gasteiger partial charge in [0.05, 0.1) is 5.38 Å². The SMILES string of the molecule is CCc1ccc(C(Cl)c2ccc(OC(F)F)cc2)cc1. The van der Waals surface area contributed by atoms with Gasteiger partial charge in [0, 0.05) is 0 Å². The van der Waals surface area contributed by atoms with Gasteiger partial charge in [0.15, 0.2) is 0 Å². The third kappa shape index (κ3) is 3.70. The first-order valence-electron chi connectivity index (χ1n) is 6.38. The van der Waals surface area contributed by atoms with Crippen LogP contribution in [0.4, 0.5) is 8.78 Å². The largest absolute Gasteiger partial charge is 0.435 e. The normalized spacial score (nSPS) is 12.4. The summed E-state index contributed by atoms with van der Waals surface area (Å²) < 4.78 is 28.4. The second-order valence-electron chi connectivity index (χ2n) is 4.41. The molecule has 0 aliphatic rings. The lowest BCUT2D eigenvalue weighted by Gasteiger charge is -2.12. The van der Waals surface area contributed by atoms with Crippen LogP contribution in [0.1, 0.15) is 29.0 Å². The van der Waals surface area contributed by atoms with Gasteiger partial charge in [-0.25, -0.2) is 0 Å². The van der Waals surface area contributed by atoms with Gasteiger partial charge in [-0.15, -0.1) is 11.6 Å². The summed E-state index contributed by atoms with van der Waals surface area (Å²) in [5.74, 6) is 0.133. The van der Waals surface area contributed by atoms with Crippen molar-refractivity contribution in [2.45, 2.75) is 25.3 Å². The van der Waals surface area contributed by atoms with Gasteiger partial charge in [-0.3, -0.25) is 0 Å². The Kier molecular flexibility index (Phi) is 4.96. The van der Waals surface area contributed by atoms with Crippen LogP contribution in [-0.4, -0.2) is 6.61 Å². The number of rotatable bonds is 5. The van der Waals surface area contributed by atoms with E-state index in [4.69, 9.17) is 11.6 Å². The molecule has 1 nitrogen and oxygen atoms in total. The smallest absolute Gasteiger partial charge is 0.387 e. The van der Waals surface area contributed by atoms with Crippen LogP contribution in [0.15, 0.2) is 48.5 Å². The van der Waals surface area contributed by atoms with Gasteiger partial charge in [-0.1, -0.05) is 43.3 Å². The topological polar surface area (TPSA) is 9.23 Å². The molecule has 2 aromatic rings. The molecular formula is C16H15ClF2O. The van der Waals surface area contributed by atoms with Crippen LogP contribution in [0.3, 0.4) is 0 Å². The van der Waals surface area contributed by atoms with Crippen molar-refractivity contribution in [3.05, 3.63) is 65.2 Å². The summed E-state index contributed by atoms with van der Waals surface area (Å²) in [7, 11) is 0. The van der Waals surface area contributed by atoms with E-state index in [1.165, 1.54) is 17.7 Å². The van der Waals surface area contributed by atoms with Crippen LogP contribution >= 0.6 is 11.6 Å². The molecule has 0 aliphatic carbocycles. The molecule has 0 saturated heterocycles. The number of aryl methyl sites for hydroxylation is 1. The molecule has 0 aromatic heterocycles. The molecule has 0 fully saturated rings. The Balaban J connectivity index is 2.13. The molecule has 0 N–H and O–H groups in total. The summed E-state index contributed by atoms with van der Waals surface area (Å²) in [5.41, 5.74) is 3.07. The van der Waals surface area contributed by atoms with Crippen molar-refractivity contribution >= 4 is 11.6 Å². The number of hydrogen-bond acceptors (Lipinski definition) is 1. The highest BCUT2D eigenvalue weighted by Crippen LogP contribution is 2.30. The quantitative estimate of drug-likeness (QED) is 0.691. The molecule has 0 amide bonds. The Labute approximate surface area is 122 Å². The summed E-state index contributed by atoms with van der Waals surface area (Å²) in [4.78, 5) is 0. The first kappa shape index (κ1) is 14.8. The molecule has 0 aliphatic heterocycles. The molecule has 20 heavy (non-hydrogen) atoms. The predicted octanol–water partition coefficient (Wildman–Crippen LogP) is 5.18. The minimum absolute atomic E-state index is 0.133. The Bertz CT molecular complexity index is 537. The molecule has 0 heterocycles. The molecule has 0 radical (unpaired) electrons. The molecule has 1 atom stereocenters. The first-order valence-corrected chi connectivity index (χ1v) is 6.81. The van der Waals surface area contributed by atoms with Crippen molar-refractivity contribution in [3.63, 3.8) is 0 Å². The van der Waals surface area contributed by atoms with E-state index in [0.29, 0.717) is 0 Å². The van der Waals surface area contributed by atoms with E-state index in [2.05, 4.69) is 11.7 Å². The van der Waals surface area contributed by atoms with Crippen molar-refractivity contribution in [2.75, 3.05) is 0 Å². The highest BCUT2D eigenvalue weighted by Gasteiger charge is 2.11. The molecule has 2 rings (SSSR count). The first-order chi connectivity index (χ1) is 9.60. The standard InChI is InChI=1S/C16H15ClF2O/c1-2-11-3-5-12(6-4-11)15(17)13-7-9-14(10-8-13)20-16(18)19/h3-10,15-16H,2H2,1H3. The van der Waals surface area contributed by atoms with Crippen molar-refractivity contribution in [2.24, 2.45) is 0 Å². The molecule has 0 saturated carbocycles. The van der Waals surface area contributed by atoms with Crippen LogP contribution < -0.4 is 4.74 Å². The van der Waals surface area contributed by atoms with Gasteiger partial charge >= 0.3 is 6.61 Å². The number of hydrogen-bond donors (Lipinski definition) is 0. The van der Waals surface area contributed by atoms with Crippen LogP contribution in [0.2, 0.25) is 0 Å². The van der Waals surface area contributed by atoms with Crippen LogP contribution in [0, 0.1) is 0 Å². The summed E-state index contributed by atoms with van der Waals surface area (Å²) >= 11 is 6.40. The summed E-state index contributed by atoms with van der Waals surface area (Å²) in [6.45, 7) is -0.719. The summed E-state index contributed by atoms with van der Waals surface area (Å²) in [6.07, 6.45) is 0.979. The van der Waals surface area contributed by atoms with E-state index in [1.807, 2.05) is 24.3 Å². The fourth-order valence-corrected chi connectivity index (χ4v) is 2.22. The fraction of sp³-hybridized carbons (Fsp3) is 0.250. The van der Waals surface area contributed by atoms with Crippen LogP contribution in [0.5, 0.6) is 5.75 Å². The van der Waals surface area contributed by atoms with E-state index in [9.17, 15) is 8.78 Å².